The minimum absolute atomic E-state index is 0.285. The number of benzene rings is 2. The number of carbonyl (C=O) groups is 2. The van der Waals surface area contributed by atoms with Gasteiger partial charge in [0.05, 0.1) is 36.5 Å². The maximum absolute atomic E-state index is 12.0. The van der Waals surface area contributed by atoms with Gasteiger partial charge in [-0.05, 0) is 49.4 Å². The Bertz CT molecular complexity index is 780. The van der Waals surface area contributed by atoms with E-state index in [1.165, 1.54) is 25.3 Å². The first kappa shape index (κ1) is 20.4. The summed E-state index contributed by atoms with van der Waals surface area (Å²) in [6.07, 6.45) is 0. The van der Waals surface area contributed by atoms with Crippen LogP contribution in [0.5, 0.6) is 11.5 Å². The maximum atomic E-state index is 12.0. The summed E-state index contributed by atoms with van der Waals surface area (Å²) in [4.78, 5) is 23.5. The molecule has 144 valence electrons. The van der Waals surface area contributed by atoms with E-state index in [-0.39, 0.29) is 18.7 Å². The van der Waals surface area contributed by atoms with Crippen LogP contribution in [0, 0.1) is 0 Å². The number of esters is 1. The molecule has 0 aliphatic rings. The highest BCUT2D eigenvalue weighted by Crippen LogP contribution is 2.23. The lowest BCUT2D eigenvalue weighted by atomic mass is 10.2. The van der Waals surface area contributed by atoms with E-state index in [0.29, 0.717) is 23.1 Å². The SMILES string of the molecule is CCOc1ccc(OCCNC(=O)Nc2cc(C(=O)OC)ccc2Cl)cc1. The van der Waals surface area contributed by atoms with Gasteiger partial charge in [0.1, 0.15) is 18.1 Å². The van der Waals surface area contributed by atoms with Crippen LogP contribution in [0.3, 0.4) is 0 Å². The minimum Gasteiger partial charge on any atom is -0.494 e. The van der Waals surface area contributed by atoms with Crippen molar-refractivity contribution in [2.75, 3.05) is 32.2 Å². The number of halogens is 1. The number of ether oxygens (including phenoxy) is 3. The van der Waals surface area contributed by atoms with Gasteiger partial charge in [-0.1, -0.05) is 11.6 Å². The summed E-state index contributed by atoms with van der Waals surface area (Å²) in [5.74, 6) is 0.932. The molecule has 8 heteroatoms. The molecule has 7 nitrogen and oxygen atoms in total. The second-order valence-corrected chi connectivity index (χ2v) is 5.73. The number of urea groups is 1. The third-order valence-electron chi connectivity index (χ3n) is 3.43. The Morgan fingerprint density at radius 2 is 1.70 bits per heavy atom. The van der Waals surface area contributed by atoms with Gasteiger partial charge in [-0.15, -0.1) is 0 Å². The average Bonchev–Trinajstić information content (AvgIpc) is 2.68. The van der Waals surface area contributed by atoms with E-state index in [2.05, 4.69) is 15.4 Å². The second-order valence-electron chi connectivity index (χ2n) is 5.32. The van der Waals surface area contributed by atoms with E-state index in [0.717, 1.165) is 5.75 Å². The van der Waals surface area contributed by atoms with E-state index >= 15 is 0 Å². The van der Waals surface area contributed by atoms with E-state index in [4.69, 9.17) is 21.1 Å². The van der Waals surface area contributed by atoms with Crippen molar-refractivity contribution in [1.82, 2.24) is 5.32 Å². The summed E-state index contributed by atoms with van der Waals surface area (Å²) in [5, 5.41) is 5.55. The van der Waals surface area contributed by atoms with Crippen molar-refractivity contribution in [3.8, 4) is 11.5 Å². The Balaban J connectivity index is 1.78. The van der Waals surface area contributed by atoms with Crippen molar-refractivity contribution in [2.24, 2.45) is 0 Å². The summed E-state index contributed by atoms with van der Waals surface area (Å²) >= 11 is 6.04. The largest absolute Gasteiger partial charge is 0.494 e. The van der Waals surface area contributed by atoms with Crippen LogP contribution >= 0.6 is 11.6 Å². The molecule has 0 saturated heterocycles. The molecule has 0 aliphatic carbocycles. The summed E-state index contributed by atoms with van der Waals surface area (Å²) in [7, 11) is 1.28. The van der Waals surface area contributed by atoms with Crippen LogP contribution in [-0.4, -0.2) is 38.9 Å². The Labute approximate surface area is 162 Å². The fourth-order valence-electron chi connectivity index (χ4n) is 2.16. The molecule has 2 amide bonds. The number of anilines is 1. The predicted molar refractivity (Wildman–Crippen MR) is 103 cm³/mol. The molecule has 0 unspecified atom stereocenters. The van der Waals surface area contributed by atoms with E-state index in [1.54, 1.807) is 12.1 Å². The third kappa shape index (κ3) is 6.38. The zero-order valence-corrected chi connectivity index (χ0v) is 15.8. The minimum atomic E-state index is -0.515. The van der Waals surface area contributed by atoms with E-state index in [9.17, 15) is 9.59 Å². The third-order valence-corrected chi connectivity index (χ3v) is 3.76. The van der Waals surface area contributed by atoms with Crippen molar-refractivity contribution in [3.05, 3.63) is 53.1 Å². The van der Waals surface area contributed by atoms with Crippen molar-refractivity contribution in [1.29, 1.82) is 0 Å². The number of nitrogens with one attached hydrogen (secondary N) is 2. The quantitative estimate of drug-likeness (QED) is 0.528. The van der Waals surface area contributed by atoms with Crippen LogP contribution in [0.15, 0.2) is 42.5 Å². The van der Waals surface area contributed by atoms with Gasteiger partial charge < -0.3 is 24.8 Å². The number of hydrogen-bond donors (Lipinski definition) is 2. The Kier molecular flexibility index (Phi) is 7.76. The van der Waals surface area contributed by atoms with Crippen LogP contribution in [0.1, 0.15) is 17.3 Å². The van der Waals surface area contributed by atoms with Crippen LogP contribution in [-0.2, 0) is 4.74 Å². The zero-order chi connectivity index (χ0) is 19.6. The standard InChI is InChI=1S/C19H21ClN2O5/c1-3-26-14-5-7-15(8-6-14)27-11-10-21-19(24)22-17-12-13(18(23)25-2)4-9-16(17)20/h4-9,12H,3,10-11H2,1-2H3,(H2,21,22,24). The van der Waals surface area contributed by atoms with Crippen molar-refractivity contribution in [3.63, 3.8) is 0 Å². The fraction of sp³-hybridized carbons (Fsp3) is 0.263. The van der Waals surface area contributed by atoms with Crippen LogP contribution in [0.25, 0.3) is 0 Å². The molecule has 0 heterocycles. The highest BCUT2D eigenvalue weighted by molar-refractivity contribution is 6.33. The molecular formula is C19H21ClN2O5. The average molecular weight is 393 g/mol. The number of rotatable bonds is 8. The molecular weight excluding hydrogens is 372 g/mol. The van der Waals surface area contributed by atoms with E-state index < -0.39 is 12.0 Å². The molecule has 0 fully saturated rings. The number of amides is 2. The Hall–Kier alpha value is -2.93. The summed E-state index contributed by atoms with van der Waals surface area (Å²) in [6.45, 7) is 3.09. The highest BCUT2D eigenvalue weighted by atomic mass is 35.5. The molecule has 2 N–H and O–H groups in total. The highest BCUT2D eigenvalue weighted by Gasteiger charge is 2.11. The van der Waals surface area contributed by atoms with Crippen LogP contribution in [0.4, 0.5) is 10.5 Å². The van der Waals surface area contributed by atoms with Gasteiger partial charge in [-0.3, -0.25) is 0 Å². The first-order valence-corrected chi connectivity index (χ1v) is 8.69. The van der Waals surface area contributed by atoms with Crippen molar-refractivity contribution >= 4 is 29.3 Å². The number of carbonyl (C=O) groups excluding carboxylic acids is 2. The molecule has 0 atom stereocenters. The molecule has 27 heavy (non-hydrogen) atoms. The van der Waals surface area contributed by atoms with Gasteiger partial charge in [-0.25, -0.2) is 9.59 Å². The molecule has 0 spiro atoms. The Morgan fingerprint density at radius 3 is 2.33 bits per heavy atom. The van der Waals surface area contributed by atoms with Gasteiger partial charge in [0, 0.05) is 0 Å². The molecule has 2 aromatic carbocycles. The molecule has 0 radical (unpaired) electrons. The molecule has 0 saturated carbocycles. The summed E-state index contributed by atoms with van der Waals surface area (Å²) in [5.41, 5.74) is 0.598. The number of methoxy groups -OCH3 is 1. The first-order valence-electron chi connectivity index (χ1n) is 8.32. The normalized spacial score (nSPS) is 10.0. The van der Waals surface area contributed by atoms with Gasteiger partial charge in [0.2, 0.25) is 0 Å². The smallest absolute Gasteiger partial charge is 0.337 e. The molecule has 0 aliphatic heterocycles. The van der Waals surface area contributed by atoms with Gasteiger partial charge in [0.25, 0.3) is 0 Å². The van der Waals surface area contributed by atoms with Crippen molar-refractivity contribution < 1.29 is 23.8 Å². The topological polar surface area (TPSA) is 85.9 Å². The van der Waals surface area contributed by atoms with Crippen molar-refractivity contribution in [2.45, 2.75) is 6.92 Å². The summed E-state index contributed by atoms with van der Waals surface area (Å²) in [6, 6.07) is 11.2. The van der Waals surface area contributed by atoms with E-state index in [1.807, 2.05) is 19.1 Å². The van der Waals surface area contributed by atoms with Crippen LogP contribution < -0.4 is 20.1 Å². The lowest BCUT2D eigenvalue weighted by Gasteiger charge is -2.11. The van der Waals surface area contributed by atoms with Gasteiger partial charge in [-0.2, -0.15) is 0 Å². The lowest BCUT2D eigenvalue weighted by Crippen LogP contribution is -2.32. The lowest BCUT2D eigenvalue weighted by molar-refractivity contribution is 0.0600. The molecule has 2 aromatic rings. The predicted octanol–water partition coefficient (Wildman–Crippen LogP) is 3.73. The molecule has 2 rings (SSSR count). The first-order chi connectivity index (χ1) is 13.0. The van der Waals surface area contributed by atoms with Gasteiger partial charge >= 0.3 is 12.0 Å². The zero-order valence-electron chi connectivity index (χ0n) is 15.1. The molecule has 0 aromatic heterocycles. The Morgan fingerprint density at radius 1 is 1.04 bits per heavy atom. The fourth-order valence-corrected chi connectivity index (χ4v) is 2.33. The summed E-state index contributed by atoms with van der Waals surface area (Å²) < 4.78 is 15.5. The van der Waals surface area contributed by atoms with Gasteiger partial charge in [0.15, 0.2) is 0 Å². The monoisotopic (exact) mass is 392 g/mol. The van der Waals surface area contributed by atoms with Crippen LogP contribution in [0.2, 0.25) is 5.02 Å². The number of hydrogen-bond acceptors (Lipinski definition) is 5. The maximum Gasteiger partial charge on any atom is 0.337 e. The molecule has 0 bridgehead atoms. The second kappa shape index (κ2) is 10.3.